The lowest BCUT2D eigenvalue weighted by Crippen LogP contribution is -2.18. The molecular weight excluding hydrogens is 258 g/mol. The number of phenols is 1. The molecule has 0 amide bonds. The molecule has 0 aliphatic carbocycles. The number of rotatable bonds is 4. The molecule has 0 radical (unpaired) electrons. The minimum atomic E-state index is 0.236. The van der Waals surface area contributed by atoms with E-state index >= 15 is 0 Å². The first kappa shape index (κ1) is 13.3. The highest BCUT2D eigenvalue weighted by Crippen LogP contribution is 2.27. The van der Waals surface area contributed by atoms with Gasteiger partial charge in [0.1, 0.15) is 10.7 Å². The summed E-state index contributed by atoms with van der Waals surface area (Å²) in [4.78, 5) is 6.44. The van der Waals surface area contributed by atoms with Crippen LogP contribution in [0.25, 0.3) is 0 Å². The highest BCUT2D eigenvalue weighted by atomic mass is 32.1. The molecule has 0 aliphatic rings. The predicted octanol–water partition coefficient (Wildman–Crippen LogP) is 2.58. The summed E-state index contributed by atoms with van der Waals surface area (Å²) in [6, 6.07) is 10.8. The summed E-state index contributed by atoms with van der Waals surface area (Å²) in [5.41, 5.74) is 8.03. The van der Waals surface area contributed by atoms with E-state index in [4.69, 9.17) is 18.0 Å². The SMILES string of the molecule is CCN(c1cccc(O)c1)c1ccnc(C(N)=S)c1. The standard InChI is InChI=1S/C14H15N3OS/c1-2-17(10-4-3-5-12(18)8-10)11-6-7-16-13(9-11)14(15)19/h3-9,18H,2H2,1H3,(H2,15,19). The molecule has 5 heteroatoms. The lowest BCUT2D eigenvalue weighted by Gasteiger charge is -2.23. The van der Waals surface area contributed by atoms with Crippen LogP contribution in [0.2, 0.25) is 0 Å². The third-order valence-electron chi connectivity index (χ3n) is 2.77. The first-order valence-corrected chi connectivity index (χ1v) is 6.35. The lowest BCUT2D eigenvalue weighted by atomic mass is 10.2. The summed E-state index contributed by atoms with van der Waals surface area (Å²) in [5, 5.41) is 9.57. The zero-order valence-corrected chi connectivity index (χ0v) is 11.4. The molecule has 3 N–H and O–H groups in total. The molecule has 0 fully saturated rings. The number of pyridine rings is 1. The minimum Gasteiger partial charge on any atom is -0.508 e. The lowest BCUT2D eigenvalue weighted by molar-refractivity contribution is 0.475. The van der Waals surface area contributed by atoms with Crippen molar-refractivity contribution in [2.24, 2.45) is 5.73 Å². The van der Waals surface area contributed by atoms with Crippen LogP contribution in [0.3, 0.4) is 0 Å². The second-order valence-corrected chi connectivity index (χ2v) is 4.47. The Kier molecular flexibility index (Phi) is 3.97. The van der Waals surface area contributed by atoms with Crippen LogP contribution in [0.15, 0.2) is 42.6 Å². The summed E-state index contributed by atoms with van der Waals surface area (Å²) >= 11 is 4.94. The molecule has 2 rings (SSSR count). The predicted molar refractivity (Wildman–Crippen MR) is 80.9 cm³/mol. The number of nitrogens with zero attached hydrogens (tertiary/aromatic N) is 2. The van der Waals surface area contributed by atoms with Crippen molar-refractivity contribution in [3.63, 3.8) is 0 Å². The number of thiocarbonyl (C=S) groups is 1. The molecule has 0 spiro atoms. The van der Waals surface area contributed by atoms with E-state index in [-0.39, 0.29) is 10.7 Å². The van der Waals surface area contributed by atoms with E-state index < -0.39 is 0 Å². The third-order valence-corrected chi connectivity index (χ3v) is 2.97. The monoisotopic (exact) mass is 273 g/mol. The average molecular weight is 273 g/mol. The molecule has 0 aliphatic heterocycles. The Bertz CT molecular complexity index is 601. The van der Waals surface area contributed by atoms with Gasteiger partial charge in [0, 0.05) is 30.2 Å². The van der Waals surface area contributed by atoms with Gasteiger partial charge in [0.15, 0.2) is 0 Å². The second kappa shape index (κ2) is 5.67. The van der Waals surface area contributed by atoms with Crippen LogP contribution in [0.4, 0.5) is 11.4 Å². The van der Waals surface area contributed by atoms with Crippen LogP contribution < -0.4 is 10.6 Å². The summed E-state index contributed by atoms with van der Waals surface area (Å²) in [6.07, 6.45) is 1.68. The number of anilines is 2. The fourth-order valence-electron chi connectivity index (χ4n) is 1.90. The Balaban J connectivity index is 2.42. The van der Waals surface area contributed by atoms with Gasteiger partial charge in [-0.2, -0.15) is 0 Å². The molecule has 0 bridgehead atoms. The Labute approximate surface area is 117 Å². The minimum absolute atomic E-state index is 0.236. The summed E-state index contributed by atoms with van der Waals surface area (Å²) in [5.74, 6) is 0.236. The van der Waals surface area contributed by atoms with E-state index in [1.165, 1.54) is 0 Å². The van der Waals surface area contributed by atoms with Crippen molar-refractivity contribution in [2.75, 3.05) is 11.4 Å². The van der Waals surface area contributed by atoms with Crippen LogP contribution in [-0.4, -0.2) is 21.6 Å². The van der Waals surface area contributed by atoms with E-state index in [0.717, 1.165) is 17.9 Å². The molecule has 1 aromatic heterocycles. The number of aromatic hydroxyl groups is 1. The number of aromatic nitrogens is 1. The number of phenolic OH excluding ortho intramolecular Hbond substituents is 1. The fraction of sp³-hybridized carbons (Fsp3) is 0.143. The van der Waals surface area contributed by atoms with Crippen LogP contribution in [0.5, 0.6) is 5.75 Å². The van der Waals surface area contributed by atoms with E-state index in [2.05, 4.69) is 4.98 Å². The van der Waals surface area contributed by atoms with Gasteiger partial charge in [0.2, 0.25) is 0 Å². The van der Waals surface area contributed by atoms with Crippen molar-refractivity contribution in [1.82, 2.24) is 4.98 Å². The molecule has 1 heterocycles. The van der Waals surface area contributed by atoms with Gasteiger partial charge >= 0.3 is 0 Å². The maximum atomic E-state index is 9.57. The number of hydrogen-bond acceptors (Lipinski definition) is 4. The van der Waals surface area contributed by atoms with E-state index in [1.54, 1.807) is 18.3 Å². The molecule has 98 valence electrons. The largest absolute Gasteiger partial charge is 0.508 e. The number of nitrogens with two attached hydrogens (primary N) is 1. The van der Waals surface area contributed by atoms with E-state index in [0.29, 0.717) is 5.69 Å². The van der Waals surface area contributed by atoms with Crippen LogP contribution in [-0.2, 0) is 0 Å². The summed E-state index contributed by atoms with van der Waals surface area (Å²) < 4.78 is 0. The maximum absolute atomic E-state index is 9.57. The van der Waals surface area contributed by atoms with Crippen LogP contribution in [0.1, 0.15) is 12.6 Å². The molecule has 1 aromatic carbocycles. The highest BCUT2D eigenvalue weighted by molar-refractivity contribution is 7.80. The Morgan fingerprint density at radius 3 is 2.68 bits per heavy atom. The fourth-order valence-corrected chi connectivity index (χ4v) is 2.01. The quantitative estimate of drug-likeness (QED) is 0.838. The van der Waals surface area contributed by atoms with Gasteiger partial charge in [-0.15, -0.1) is 0 Å². The van der Waals surface area contributed by atoms with Gasteiger partial charge < -0.3 is 15.7 Å². The van der Waals surface area contributed by atoms with Gasteiger partial charge in [-0.1, -0.05) is 18.3 Å². The smallest absolute Gasteiger partial charge is 0.122 e. The van der Waals surface area contributed by atoms with Crippen LogP contribution >= 0.6 is 12.2 Å². The molecule has 0 saturated heterocycles. The molecule has 19 heavy (non-hydrogen) atoms. The van der Waals surface area contributed by atoms with Crippen molar-refractivity contribution in [3.8, 4) is 5.75 Å². The topological polar surface area (TPSA) is 62.4 Å². The molecule has 4 nitrogen and oxygen atoms in total. The molecular formula is C14H15N3OS. The Morgan fingerprint density at radius 2 is 2.05 bits per heavy atom. The summed E-state index contributed by atoms with van der Waals surface area (Å²) in [6.45, 7) is 2.79. The van der Waals surface area contributed by atoms with E-state index in [1.807, 2.05) is 36.1 Å². The molecule has 2 aromatic rings. The first-order chi connectivity index (χ1) is 9.11. The van der Waals surface area contributed by atoms with Crippen molar-refractivity contribution in [1.29, 1.82) is 0 Å². The molecule has 0 saturated carbocycles. The van der Waals surface area contributed by atoms with Crippen LogP contribution in [0, 0.1) is 0 Å². The number of hydrogen-bond donors (Lipinski definition) is 2. The zero-order valence-electron chi connectivity index (χ0n) is 10.6. The molecule has 0 unspecified atom stereocenters. The van der Waals surface area contributed by atoms with Gasteiger partial charge in [-0.25, -0.2) is 0 Å². The van der Waals surface area contributed by atoms with Crippen molar-refractivity contribution >= 4 is 28.6 Å². The second-order valence-electron chi connectivity index (χ2n) is 4.03. The van der Waals surface area contributed by atoms with Gasteiger partial charge in [0.25, 0.3) is 0 Å². The highest BCUT2D eigenvalue weighted by Gasteiger charge is 2.09. The van der Waals surface area contributed by atoms with Crippen molar-refractivity contribution in [2.45, 2.75) is 6.92 Å². The van der Waals surface area contributed by atoms with E-state index in [9.17, 15) is 5.11 Å². The third kappa shape index (κ3) is 3.00. The average Bonchev–Trinajstić information content (AvgIpc) is 2.40. The van der Waals surface area contributed by atoms with Crippen molar-refractivity contribution in [3.05, 3.63) is 48.3 Å². The van der Waals surface area contributed by atoms with Crippen molar-refractivity contribution < 1.29 is 5.11 Å². The van der Waals surface area contributed by atoms with Gasteiger partial charge in [0.05, 0.1) is 5.69 Å². The summed E-state index contributed by atoms with van der Waals surface area (Å²) in [7, 11) is 0. The normalized spacial score (nSPS) is 10.2. The maximum Gasteiger partial charge on any atom is 0.122 e. The van der Waals surface area contributed by atoms with Gasteiger partial charge in [-0.05, 0) is 31.2 Å². The Hall–Kier alpha value is -2.14. The number of benzene rings is 1. The molecule has 0 atom stereocenters. The van der Waals surface area contributed by atoms with Gasteiger partial charge in [-0.3, -0.25) is 4.98 Å². The Morgan fingerprint density at radius 1 is 1.32 bits per heavy atom. The first-order valence-electron chi connectivity index (χ1n) is 5.94. The zero-order chi connectivity index (χ0) is 13.8.